The van der Waals surface area contributed by atoms with Crippen molar-refractivity contribution in [3.8, 4) is 5.75 Å². The van der Waals surface area contributed by atoms with Gasteiger partial charge in [-0.3, -0.25) is 4.79 Å². The van der Waals surface area contributed by atoms with Crippen molar-refractivity contribution in [3.05, 3.63) is 48.2 Å². The van der Waals surface area contributed by atoms with Crippen LogP contribution in [0.4, 0.5) is 5.69 Å². The van der Waals surface area contributed by atoms with Gasteiger partial charge in [0.25, 0.3) is 0 Å². The maximum absolute atomic E-state index is 10.8. The van der Waals surface area contributed by atoms with Crippen LogP contribution in [-0.4, -0.2) is 5.97 Å². The summed E-state index contributed by atoms with van der Waals surface area (Å²) in [5.41, 5.74) is 1.60. The molecule has 1 aliphatic rings. The fourth-order valence-electron chi connectivity index (χ4n) is 1.65. The second-order valence-corrected chi connectivity index (χ2v) is 4.49. The van der Waals surface area contributed by atoms with Crippen LogP contribution in [0, 0.1) is 5.92 Å². The van der Waals surface area contributed by atoms with Gasteiger partial charge in [0, 0.05) is 6.92 Å². The van der Waals surface area contributed by atoms with E-state index in [1.165, 1.54) is 6.92 Å². The summed E-state index contributed by atoms with van der Waals surface area (Å²) >= 11 is 0. The van der Waals surface area contributed by atoms with Gasteiger partial charge in [0.15, 0.2) is 0 Å². The lowest BCUT2D eigenvalue weighted by molar-refractivity contribution is -0.131. The lowest BCUT2D eigenvalue weighted by Crippen LogP contribution is -2.00. The number of benzene rings is 1. The van der Waals surface area contributed by atoms with Crippen LogP contribution in [0.2, 0.25) is 0 Å². The molecule has 0 saturated heterocycles. The molecule has 0 aromatic heterocycles. The van der Waals surface area contributed by atoms with Crippen LogP contribution < -0.4 is 4.74 Å². The Labute approximate surface area is 112 Å². The van der Waals surface area contributed by atoms with Crippen molar-refractivity contribution in [1.29, 1.82) is 0 Å². The standard InChI is InChI=1S/C15H16N2O2/c1-11-3-5-13(6-4-11)16-17-14-7-9-15(10-8-14)19-12(2)18/h3,5-11H,4H2,1-2H3. The summed E-state index contributed by atoms with van der Waals surface area (Å²) in [6.45, 7) is 3.53. The Kier molecular flexibility index (Phi) is 4.23. The summed E-state index contributed by atoms with van der Waals surface area (Å²) < 4.78 is 4.94. The Morgan fingerprint density at radius 3 is 2.58 bits per heavy atom. The van der Waals surface area contributed by atoms with E-state index in [9.17, 15) is 4.79 Å². The molecule has 0 fully saturated rings. The Balaban J connectivity index is 2.00. The molecule has 0 N–H and O–H groups in total. The van der Waals surface area contributed by atoms with Crippen molar-refractivity contribution >= 4 is 11.7 Å². The van der Waals surface area contributed by atoms with Gasteiger partial charge in [0.2, 0.25) is 0 Å². The lowest BCUT2D eigenvalue weighted by Gasteiger charge is -2.07. The summed E-state index contributed by atoms with van der Waals surface area (Å²) in [4.78, 5) is 10.8. The van der Waals surface area contributed by atoms with E-state index in [0.29, 0.717) is 11.7 Å². The van der Waals surface area contributed by atoms with Gasteiger partial charge >= 0.3 is 5.97 Å². The fraction of sp³-hybridized carbons (Fsp3) is 0.267. The predicted molar refractivity (Wildman–Crippen MR) is 73.3 cm³/mol. The topological polar surface area (TPSA) is 51.0 Å². The van der Waals surface area contributed by atoms with Crippen LogP contribution in [0.3, 0.4) is 0 Å². The molecule has 0 spiro atoms. The molecule has 0 saturated carbocycles. The van der Waals surface area contributed by atoms with Gasteiger partial charge in [-0.15, -0.1) is 0 Å². The molecule has 0 bridgehead atoms. The van der Waals surface area contributed by atoms with Crippen LogP contribution >= 0.6 is 0 Å². The third kappa shape index (κ3) is 4.17. The first kappa shape index (κ1) is 13.2. The number of carbonyl (C=O) groups excluding carboxylic acids is 1. The summed E-state index contributed by atoms with van der Waals surface area (Å²) in [5.74, 6) is 0.750. The molecule has 1 atom stereocenters. The highest BCUT2D eigenvalue weighted by Gasteiger charge is 2.02. The molecule has 2 rings (SSSR count). The molecule has 1 unspecified atom stereocenters. The normalized spacial score (nSPS) is 18.4. The zero-order valence-corrected chi connectivity index (χ0v) is 11.0. The smallest absolute Gasteiger partial charge is 0.308 e. The van der Waals surface area contributed by atoms with Crippen LogP contribution in [0.5, 0.6) is 5.75 Å². The van der Waals surface area contributed by atoms with Crippen molar-refractivity contribution in [2.75, 3.05) is 0 Å². The Bertz CT molecular complexity index is 542. The number of esters is 1. The zero-order chi connectivity index (χ0) is 13.7. The van der Waals surface area contributed by atoms with Gasteiger partial charge in [-0.05, 0) is 42.7 Å². The van der Waals surface area contributed by atoms with Crippen molar-refractivity contribution < 1.29 is 9.53 Å². The molecular weight excluding hydrogens is 240 g/mol. The average Bonchev–Trinajstić information content (AvgIpc) is 2.39. The molecule has 0 amide bonds. The molecule has 98 valence electrons. The number of ether oxygens (including phenoxy) is 1. The van der Waals surface area contributed by atoms with Crippen LogP contribution in [-0.2, 0) is 4.79 Å². The van der Waals surface area contributed by atoms with Gasteiger partial charge in [0.1, 0.15) is 5.75 Å². The molecule has 1 aromatic rings. The van der Waals surface area contributed by atoms with Crippen molar-refractivity contribution in [2.24, 2.45) is 16.1 Å². The Morgan fingerprint density at radius 1 is 1.26 bits per heavy atom. The fourth-order valence-corrected chi connectivity index (χ4v) is 1.65. The maximum atomic E-state index is 10.8. The van der Waals surface area contributed by atoms with Crippen LogP contribution in [0.1, 0.15) is 20.3 Å². The van der Waals surface area contributed by atoms with E-state index < -0.39 is 0 Å². The number of nitrogens with zero attached hydrogens (tertiary/aromatic N) is 2. The molecule has 1 aliphatic carbocycles. The molecule has 0 radical (unpaired) electrons. The molecule has 0 aliphatic heterocycles. The van der Waals surface area contributed by atoms with Gasteiger partial charge in [-0.25, -0.2) is 0 Å². The number of hydrogen-bond donors (Lipinski definition) is 0. The largest absolute Gasteiger partial charge is 0.427 e. The Morgan fingerprint density at radius 2 is 2.00 bits per heavy atom. The molecule has 0 heterocycles. The number of carbonyl (C=O) groups is 1. The first-order valence-electron chi connectivity index (χ1n) is 6.22. The predicted octanol–water partition coefficient (Wildman–Crippen LogP) is 4.18. The quantitative estimate of drug-likeness (QED) is 0.463. The monoisotopic (exact) mass is 256 g/mol. The summed E-state index contributed by atoms with van der Waals surface area (Å²) in [7, 11) is 0. The minimum absolute atomic E-state index is 0.332. The van der Waals surface area contributed by atoms with E-state index in [4.69, 9.17) is 4.74 Å². The van der Waals surface area contributed by atoms with E-state index in [1.54, 1.807) is 24.3 Å². The molecule has 4 heteroatoms. The molecule has 1 aromatic carbocycles. The SMILES string of the molecule is CC(=O)Oc1ccc(N=NC2=CCC(C)C=C2)cc1. The van der Waals surface area contributed by atoms with Crippen molar-refractivity contribution in [1.82, 2.24) is 0 Å². The number of azo groups is 1. The lowest BCUT2D eigenvalue weighted by atomic mass is 10.0. The first-order valence-corrected chi connectivity index (χ1v) is 6.22. The minimum Gasteiger partial charge on any atom is -0.427 e. The van der Waals surface area contributed by atoms with Gasteiger partial charge in [0.05, 0.1) is 11.4 Å². The third-order valence-corrected chi connectivity index (χ3v) is 2.67. The second kappa shape index (κ2) is 6.09. The third-order valence-electron chi connectivity index (χ3n) is 2.67. The van der Waals surface area contributed by atoms with Crippen molar-refractivity contribution in [3.63, 3.8) is 0 Å². The van der Waals surface area contributed by atoms with Gasteiger partial charge < -0.3 is 4.74 Å². The highest BCUT2D eigenvalue weighted by Crippen LogP contribution is 2.21. The summed E-state index contributed by atoms with van der Waals surface area (Å²) in [6.07, 6.45) is 7.17. The van der Waals surface area contributed by atoms with Gasteiger partial charge in [-0.2, -0.15) is 10.2 Å². The van der Waals surface area contributed by atoms with E-state index in [1.807, 2.05) is 6.08 Å². The number of rotatable bonds is 3. The minimum atomic E-state index is -0.332. The number of hydrogen-bond acceptors (Lipinski definition) is 4. The molecular formula is C15H16N2O2. The summed E-state index contributed by atoms with van der Waals surface area (Å²) in [5, 5.41) is 8.31. The first-order chi connectivity index (χ1) is 9.13. The highest BCUT2D eigenvalue weighted by molar-refractivity contribution is 5.69. The van der Waals surface area contributed by atoms with Gasteiger partial charge in [-0.1, -0.05) is 19.1 Å². The zero-order valence-electron chi connectivity index (χ0n) is 11.0. The maximum Gasteiger partial charge on any atom is 0.308 e. The van der Waals surface area contributed by atoms with E-state index in [0.717, 1.165) is 17.8 Å². The average molecular weight is 256 g/mol. The Hall–Kier alpha value is -2.23. The number of allylic oxidation sites excluding steroid dienone is 3. The molecule has 4 nitrogen and oxygen atoms in total. The summed E-state index contributed by atoms with van der Waals surface area (Å²) in [6, 6.07) is 6.92. The van der Waals surface area contributed by atoms with E-state index in [2.05, 4.69) is 29.3 Å². The van der Waals surface area contributed by atoms with Crippen LogP contribution in [0.25, 0.3) is 0 Å². The van der Waals surface area contributed by atoms with E-state index in [-0.39, 0.29) is 5.97 Å². The van der Waals surface area contributed by atoms with Crippen LogP contribution in [0.15, 0.2) is 58.4 Å². The highest BCUT2D eigenvalue weighted by atomic mass is 16.5. The van der Waals surface area contributed by atoms with E-state index >= 15 is 0 Å². The molecule has 19 heavy (non-hydrogen) atoms. The van der Waals surface area contributed by atoms with Crippen molar-refractivity contribution in [2.45, 2.75) is 20.3 Å². The second-order valence-electron chi connectivity index (χ2n) is 4.49.